The zero-order chi connectivity index (χ0) is 12.8. The molecule has 0 bridgehead atoms. The van der Waals surface area contributed by atoms with E-state index < -0.39 is 0 Å². The summed E-state index contributed by atoms with van der Waals surface area (Å²) in [6, 6.07) is 10.1. The molecule has 18 heavy (non-hydrogen) atoms. The molecular weight excluding hydrogens is 244 g/mol. The van der Waals surface area contributed by atoms with Gasteiger partial charge in [-0.1, -0.05) is 30.3 Å². The van der Waals surface area contributed by atoms with E-state index in [1.165, 1.54) is 0 Å². The van der Waals surface area contributed by atoms with Gasteiger partial charge in [0.15, 0.2) is 0 Å². The summed E-state index contributed by atoms with van der Waals surface area (Å²) in [5, 5.41) is 8.40. The van der Waals surface area contributed by atoms with Crippen LogP contribution in [0.15, 0.2) is 30.3 Å². The molecule has 1 saturated heterocycles. The Hall–Kier alpha value is -1.00. The molecule has 1 fully saturated rings. The molecule has 0 radical (unpaired) electrons. The van der Waals surface area contributed by atoms with E-state index in [0.717, 1.165) is 37.4 Å². The van der Waals surface area contributed by atoms with Gasteiger partial charge in [-0.3, -0.25) is 5.41 Å². The first-order chi connectivity index (χ1) is 8.77. The van der Waals surface area contributed by atoms with Crippen molar-refractivity contribution in [2.75, 3.05) is 19.0 Å². The van der Waals surface area contributed by atoms with E-state index in [9.17, 15) is 0 Å². The highest BCUT2D eigenvalue weighted by atomic mass is 32.2. The predicted octanol–water partition coefficient (Wildman–Crippen LogP) is 2.62. The Labute approximate surface area is 113 Å². The standard InChI is InChI=1S/C14H20N2OS/c15-14(16)13(11-4-2-1-3-5-11)10-18-12-6-8-17-9-7-12/h1-5,12-13H,6-10H2,(H3,15,16). The summed E-state index contributed by atoms with van der Waals surface area (Å²) in [5.41, 5.74) is 6.87. The summed E-state index contributed by atoms with van der Waals surface area (Å²) >= 11 is 1.93. The number of hydrogen-bond acceptors (Lipinski definition) is 3. The van der Waals surface area contributed by atoms with Crippen LogP contribution in [0, 0.1) is 5.41 Å². The van der Waals surface area contributed by atoms with Crippen molar-refractivity contribution in [2.24, 2.45) is 5.73 Å². The maximum Gasteiger partial charge on any atom is 0.0990 e. The zero-order valence-corrected chi connectivity index (χ0v) is 11.3. The van der Waals surface area contributed by atoms with Gasteiger partial charge in [-0.25, -0.2) is 0 Å². The van der Waals surface area contributed by atoms with Gasteiger partial charge in [-0.2, -0.15) is 11.8 Å². The second kappa shape index (κ2) is 6.81. The van der Waals surface area contributed by atoms with E-state index in [1.54, 1.807) is 0 Å². The quantitative estimate of drug-likeness (QED) is 0.635. The van der Waals surface area contributed by atoms with Crippen LogP contribution in [0.2, 0.25) is 0 Å². The van der Waals surface area contributed by atoms with Gasteiger partial charge < -0.3 is 10.5 Å². The summed E-state index contributed by atoms with van der Waals surface area (Å²) in [7, 11) is 0. The molecular formula is C14H20N2OS. The van der Waals surface area contributed by atoms with Crippen LogP contribution in [0.25, 0.3) is 0 Å². The van der Waals surface area contributed by atoms with Crippen LogP contribution in [0.5, 0.6) is 0 Å². The van der Waals surface area contributed by atoms with Crippen molar-refractivity contribution in [3.05, 3.63) is 35.9 Å². The van der Waals surface area contributed by atoms with E-state index in [1.807, 2.05) is 30.0 Å². The monoisotopic (exact) mass is 264 g/mol. The largest absolute Gasteiger partial charge is 0.387 e. The van der Waals surface area contributed by atoms with Crippen molar-refractivity contribution in [3.8, 4) is 0 Å². The first kappa shape index (κ1) is 13.4. The van der Waals surface area contributed by atoms with Gasteiger partial charge in [0.05, 0.1) is 5.84 Å². The third-order valence-corrected chi connectivity index (χ3v) is 4.71. The Kier molecular flexibility index (Phi) is 5.08. The smallest absolute Gasteiger partial charge is 0.0990 e. The summed E-state index contributed by atoms with van der Waals surface area (Å²) < 4.78 is 5.36. The number of ether oxygens (including phenoxy) is 1. The minimum absolute atomic E-state index is 0.0408. The van der Waals surface area contributed by atoms with Gasteiger partial charge in [-0.15, -0.1) is 0 Å². The number of nitrogens with two attached hydrogens (primary N) is 1. The molecule has 1 unspecified atom stereocenters. The van der Waals surface area contributed by atoms with Crippen molar-refractivity contribution in [3.63, 3.8) is 0 Å². The van der Waals surface area contributed by atoms with E-state index in [2.05, 4.69) is 12.1 Å². The molecule has 0 saturated carbocycles. The summed E-state index contributed by atoms with van der Waals surface area (Å²) in [6.07, 6.45) is 2.23. The molecule has 4 heteroatoms. The second-order valence-corrected chi connectivity index (χ2v) is 5.90. The van der Waals surface area contributed by atoms with Crippen LogP contribution in [-0.4, -0.2) is 30.1 Å². The number of nitrogens with one attached hydrogen (secondary N) is 1. The van der Waals surface area contributed by atoms with Gasteiger partial charge in [0.1, 0.15) is 0 Å². The third-order valence-electron chi connectivity index (χ3n) is 3.24. The van der Waals surface area contributed by atoms with Gasteiger partial charge in [0.25, 0.3) is 0 Å². The van der Waals surface area contributed by atoms with Crippen molar-refractivity contribution in [1.82, 2.24) is 0 Å². The van der Waals surface area contributed by atoms with Gasteiger partial charge >= 0.3 is 0 Å². The Morgan fingerprint density at radius 2 is 2.00 bits per heavy atom. The Bertz CT molecular complexity index is 377. The normalized spacial score (nSPS) is 18.4. The SMILES string of the molecule is N=C(N)C(CSC1CCOCC1)c1ccccc1. The first-order valence-corrected chi connectivity index (χ1v) is 7.40. The van der Waals surface area contributed by atoms with Crippen LogP contribution in [0.4, 0.5) is 0 Å². The fraction of sp³-hybridized carbons (Fsp3) is 0.500. The number of amidine groups is 1. The average molecular weight is 264 g/mol. The average Bonchev–Trinajstić information content (AvgIpc) is 2.41. The van der Waals surface area contributed by atoms with Crippen molar-refractivity contribution < 1.29 is 4.74 Å². The Balaban J connectivity index is 1.92. The van der Waals surface area contributed by atoms with Crippen molar-refractivity contribution in [2.45, 2.75) is 24.0 Å². The number of benzene rings is 1. The van der Waals surface area contributed by atoms with Crippen molar-refractivity contribution >= 4 is 17.6 Å². The molecule has 3 N–H and O–H groups in total. The van der Waals surface area contributed by atoms with Crippen LogP contribution < -0.4 is 5.73 Å². The highest BCUT2D eigenvalue weighted by Crippen LogP contribution is 2.28. The third kappa shape index (κ3) is 3.75. The predicted molar refractivity (Wildman–Crippen MR) is 77.4 cm³/mol. The molecule has 2 rings (SSSR count). The molecule has 1 aromatic carbocycles. The van der Waals surface area contributed by atoms with Gasteiger partial charge in [0, 0.05) is 30.1 Å². The van der Waals surface area contributed by atoms with E-state index in [4.69, 9.17) is 15.9 Å². The van der Waals surface area contributed by atoms with Crippen LogP contribution in [0.3, 0.4) is 0 Å². The van der Waals surface area contributed by atoms with Gasteiger partial charge in [-0.05, 0) is 18.4 Å². The molecule has 1 aromatic rings. The summed E-state index contributed by atoms with van der Waals surface area (Å²) in [5.74, 6) is 1.20. The molecule has 1 aliphatic rings. The maximum absolute atomic E-state index is 7.75. The van der Waals surface area contributed by atoms with Crippen molar-refractivity contribution in [1.29, 1.82) is 5.41 Å². The highest BCUT2D eigenvalue weighted by molar-refractivity contribution is 7.99. The molecule has 98 valence electrons. The zero-order valence-electron chi connectivity index (χ0n) is 10.5. The lowest BCUT2D eigenvalue weighted by Gasteiger charge is -2.24. The number of rotatable bonds is 5. The maximum atomic E-state index is 7.75. The lowest BCUT2D eigenvalue weighted by molar-refractivity contribution is 0.100. The molecule has 0 aromatic heterocycles. The molecule has 3 nitrogen and oxygen atoms in total. The van der Waals surface area contributed by atoms with Crippen LogP contribution in [-0.2, 0) is 4.74 Å². The van der Waals surface area contributed by atoms with E-state index in [0.29, 0.717) is 5.25 Å². The highest BCUT2D eigenvalue weighted by Gasteiger charge is 2.19. The lowest BCUT2D eigenvalue weighted by Crippen LogP contribution is -2.25. The molecule has 0 amide bonds. The Morgan fingerprint density at radius 1 is 1.33 bits per heavy atom. The van der Waals surface area contributed by atoms with E-state index in [-0.39, 0.29) is 11.8 Å². The molecule has 1 aliphatic heterocycles. The summed E-state index contributed by atoms with van der Waals surface area (Å²) in [4.78, 5) is 0. The molecule has 1 atom stereocenters. The van der Waals surface area contributed by atoms with Crippen LogP contribution >= 0.6 is 11.8 Å². The fourth-order valence-electron chi connectivity index (χ4n) is 2.13. The molecule has 0 spiro atoms. The second-order valence-electron chi connectivity index (χ2n) is 4.56. The number of thioether (sulfide) groups is 1. The van der Waals surface area contributed by atoms with Gasteiger partial charge in [0.2, 0.25) is 0 Å². The lowest BCUT2D eigenvalue weighted by atomic mass is 10.0. The first-order valence-electron chi connectivity index (χ1n) is 6.35. The minimum Gasteiger partial charge on any atom is -0.387 e. The fourth-order valence-corrected chi connectivity index (χ4v) is 3.49. The van der Waals surface area contributed by atoms with E-state index >= 15 is 0 Å². The molecule has 0 aliphatic carbocycles. The topological polar surface area (TPSA) is 59.1 Å². The summed E-state index contributed by atoms with van der Waals surface area (Å²) in [6.45, 7) is 1.74. The molecule has 1 heterocycles. The Morgan fingerprint density at radius 3 is 2.61 bits per heavy atom. The number of hydrogen-bond donors (Lipinski definition) is 2. The van der Waals surface area contributed by atoms with Crippen LogP contribution in [0.1, 0.15) is 24.3 Å². The minimum atomic E-state index is 0.0408.